The lowest BCUT2D eigenvalue weighted by Crippen LogP contribution is -2.16. The summed E-state index contributed by atoms with van der Waals surface area (Å²) in [5, 5.41) is 4.55. The average Bonchev–Trinajstić information content (AvgIpc) is 2.97. The number of aromatic nitrogens is 3. The predicted molar refractivity (Wildman–Crippen MR) is 98.4 cm³/mol. The Balaban J connectivity index is 1.75. The second-order valence-electron chi connectivity index (χ2n) is 4.94. The number of nitrogens with one attached hydrogen (secondary N) is 1. The zero-order valence-electron chi connectivity index (χ0n) is 12.9. The maximum atomic E-state index is 12.5. The molecule has 0 spiro atoms. The van der Waals surface area contributed by atoms with Gasteiger partial charge in [0, 0.05) is 35.3 Å². The molecule has 0 radical (unpaired) electrons. The molecule has 0 aliphatic heterocycles. The molecule has 3 heterocycles. The number of halogens is 1. The van der Waals surface area contributed by atoms with E-state index in [0.717, 1.165) is 21.1 Å². The van der Waals surface area contributed by atoms with E-state index in [0.29, 0.717) is 11.4 Å². The Kier molecular flexibility index (Phi) is 5.32. The first kappa shape index (κ1) is 16.7. The number of hydrogen-bond donors (Lipinski definition) is 1. The minimum atomic E-state index is -0.150. The van der Waals surface area contributed by atoms with Gasteiger partial charge in [-0.1, -0.05) is 17.8 Å². The summed E-state index contributed by atoms with van der Waals surface area (Å²) in [5.74, 6) is -0.150. The standard InChI is InChI=1S/C17H15BrN4OS/c1-2-22-11-12(18)9-14(22)17(23)21-13-6-8-20-16(10-13)24-15-5-3-4-7-19-15/h3-11H,2H2,1H3,(H,20,21,23). The van der Waals surface area contributed by atoms with Gasteiger partial charge in [-0.05, 0) is 53.2 Å². The van der Waals surface area contributed by atoms with Gasteiger partial charge in [-0.15, -0.1) is 0 Å². The highest BCUT2D eigenvalue weighted by molar-refractivity contribution is 9.10. The minimum Gasteiger partial charge on any atom is -0.343 e. The Labute approximate surface area is 152 Å². The van der Waals surface area contributed by atoms with Crippen LogP contribution in [0.15, 0.2) is 69.5 Å². The molecule has 0 aromatic carbocycles. The van der Waals surface area contributed by atoms with Crippen molar-refractivity contribution < 1.29 is 4.79 Å². The van der Waals surface area contributed by atoms with E-state index in [4.69, 9.17) is 0 Å². The third-order valence-corrected chi connectivity index (χ3v) is 4.59. The normalized spacial score (nSPS) is 10.6. The third kappa shape index (κ3) is 4.04. The van der Waals surface area contributed by atoms with Gasteiger partial charge in [0.15, 0.2) is 0 Å². The molecule has 5 nitrogen and oxygen atoms in total. The Morgan fingerprint density at radius 1 is 1.21 bits per heavy atom. The van der Waals surface area contributed by atoms with Gasteiger partial charge < -0.3 is 9.88 Å². The van der Waals surface area contributed by atoms with Gasteiger partial charge in [0.1, 0.15) is 15.7 Å². The van der Waals surface area contributed by atoms with Crippen LogP contribution in [0.4, 0.5) is 5.69 Å². The summed E-state index contributed by atoms with van der Waals surface area (Å²) < 4.78 is 2.78. The van der Waals surface area contributed by atoms with Crippen molar-refractivity contribution in [1.29, 1.82) is 0 Å². The topological polar surface area (TPSA) is 59.8 Å². The molecular weight excluding hydrogens is 388 g/mol. The molecule has 0 aliphatic carbocycles. The van der Waals surface area contributed by atoms with Crippen LogP contribution in [0.5, 0.6) is 0 Å². The molecule has 0 saturated carbocycles. The molecule has 3 rings (SSSR count). The molecule has 0 bridgehead atoms. The molecular formula is C17H15BrN4OS. The first-order chi connectivity index (χ1) is 11.7. The van der Waals surface area contributed by atoms with Crippen LogP contribution >= 0.6 is 27.7 Å². The zero-order valence-corrected chi connectivity index (χ0v) is 15.3. The monoisotopic (exact) mass is 402 g/mol. The summed E-state index contributed by atoms with van der Waals surface area (Å²) in [6.07, 6.45) is 5.31. The number of pyridine rings is 2. The molecule has 3 aromatic rings. The number of amides is 1. The fourth-order valence-electron chi connectivity index (χ4n) is 2.18. The summed E-state index contributed by atoms with van der Waals surface area (Å²) in [4.78, 5) is 21.1. The minimum absolute atomic E-state index is 0.150. The Morgan fingerprint density at radius 3 is 2.79 bits per heavy atom. The van der Waals surface area contributed by atoms with Gasteiger partial charge in [0.05, 0.1) is 0 Å². The van der Waals surface area contributed by atoms with Gasteiger partial charge in [0.25, 0.3) is 5.91 Å². The molecule has 3 aromatic heterocycles. The lowest BCUT2D eigenvalue weighted by Gasteiger charge is -2.08. The number of nitrogens with zero attached hydrogens (tertiary/aromatic N) is 3. The third-order valence-electron chi connectivity index (χ3n) is 3.28. The number of rotatable bonds is 5. The molecule has 24 heavy (non-hydrogen) atoms. The van der Waals surface area contributed by atoms with E-state index < -0.39 is 0 Å². The second kappa shape index (κ2) is 7.63. The van der Waals surface area contributed by atoms with Crippen molar-refractivity contribution in [1.82, 2.24) is 14.5 Å². The van der Waals surface area contributed by atoms with Gasteiger partial charge in [-0.3, -0.25) is 4.79 Å². The lowest BCUT2D eigenvalue weighted by molar-refractivity contribution is 0.101. The van der Waals surface area contributed by atoms with Crippen LogP contribution in [0.3, 0.4) is 0 Å². The summed E-state index contributed by atoms with van der Waals surface area (Å²) >= 11 is 4.86. The number of carbonyl (C=O) groups excluding carboxylic acids is 1. The van der Waals surface area contributed by atoms with Crippen molar-refractivity contribution in [3.05, 3.63) is 65.2 Å². The fourth-order valence-corrected chi connectivity index (χ4v) is 3.42. The quantitative estimate of drug-likeness (QED) is 0.683. The first-order valence-corrected chi connectivity index (χ1v) is 8.98. The summed E-state index contributed by atoms with van der Waals surface area (Å²) in [5.41, 5.74) is 1.31. The van der Waals surface area contributed by atoms with Crippen LogP contribution < -0.4 is 5.32 Å². The summed E-state index contributed by atoms with van der Waals surface area (Å²) in [6, 6.07) is 11.1. The molecule has 122 valence electrons. The number of carbonyl (C=O) groups is 1. The Bertz CT molecular complexity index is 851. The van der Waals surface area contributed by atoms with Crippen LogP contribution in [0.1, 0.15) is 17.4 Å². The van der Waals surface area contributed by atoms with E-state index in [1.165, 1.54) is 11.8 Å². The molecule has 0 unspecified atom stereocenters. The predicted octanol–water partition coefficient (Wildman–Crippen LogP) is 4.46. The average molecular weight is 403 g/mol. The van der Waals surface area contributed by atoms with E-state index in [1.807, 2.05) is 48.0 Å². The van der Waals surface area contributed by atoms with Crippen molar-refractivity contribution in [2.75, 3.05) is 5.32 Å². The van der Waals surface area contributed by atoms with Crippen molar-refractivity contribution >= 4 is 39.3 Å². The van der Waals surface area contributed by atoms with Crippen molar-refractivity contribution in [3.8, 4) is 0 Å². The van der Waals surface area contributed by atoms with Crippen LogP contribution in [0.2, 0.25) is 0 Å². The smallest absolute Gasteiger partial charge is 0.272 e. The van der Waals surface area contributed by atoms with Crippen molar-refractivity contribution in [2.24, 2.45) is 0 Å². The van der Waals surface area contributed by atoms with Gasteiger partial charge in [0.2, 0.25) is 0 Å². The highest BCUT2D eigenvalue weighted by atomic mass is 79.9. The fraction of sp³-hybridized carbons (Fsp3) is 0.118. The molecule has 1 amide bonds. The number of hydrogen-bond acceptors (Lipinski definition) is 4. The number of aryl methyl sites for hydroxylation is 1. The van der Waals surface area contributed by atoms with Crippen LogP contribution in [-0.2, 0) is 6.54 Å². The first-order valence-electron chi connectivity index (χ1n) is 7.37. The molecule has 0 aliphatic rings. The van der Waals surface area contributed by atoms with Gasteiger partial charge in [-0.25, -0.2) is 9.97 Å². The number of anilines is 1. The molecule has 1 N–H and O–H groups in total. The van der Waals surface area contributed by atoms with Crippen LogP contribution in [-0.4, -0.2) is 20.4 Å². The van der Waals surface area contributed by atoms with E-state index in [-0.39, 0.29) is 5.91 Å². The van der Waals surface area contributed by atoms with E-state index >= 15 is 0 Å². The molecule has 0 fully saturated rings. The lowest BCUT2D eigenvalue weighted by atomic mass is 10.3. The van der Waals surface area contributed by atoms with Crippen molar-refractivity contribution in [3.63, 3.8) is 0 Å². The van der Waals surface area contributed by atoms with Gasteiger partial charge in [-0.2, -0.15) is 0 Å². The Hall–Kier alpha value is -2.12. The van der Waals surface area contributed by atoms with E-state index in [1.54, 1.807) is 18.5 Å². The highest BCUT2D eigenvalue weighted by Gasteiger charge is 2.13. The largest absolute Gasteiger partial charge is 0.343 e. The van der Waals surface area contributed by atoms with E-state index in [9.17, 15) is 4.79 Å². The Morgan fingerprint density at radius 2 is 2.04 bits per heavy atom. The summed E-state index contributed by atoms with van der Waals surface area (Å²) in [6.45, 7) is 2.72. The molecule has 0 atom stereocenters. The van der Waals surface area contributed by atoms with Crippen LogP contribution in [0.25, 0.3) is 0 Å². The maximum absolute atomic E-state index is 12.5. The maximum Gasteiger partial charge on any atom is 0.272 e. The summed E-state index contributed by atoms with van der Waals surface area (Å²) in [7, 11) is 0. The molecule has 7 heteroatoms. The van der Waals surface area contributed by atoms with Crippen molar-refractivity contribution in [2.45, 2.75) is 23.5 Å². The second-order valence-corrected chi connectivity index (χ2v) is 6.89. The van der Waals surface area contributed by atoms with Crippen LogP contribution in [0, 0.1) is 0 Å². The highest BCUT2D eigenvalue weighted by Crippen LogP contribution is 2.26. The zero-order chi connectivity index (χ0) is 16.9. The van der Waals surface area contributed by atoms with Gasteiger partial charge >= 0.3 is 0 Å². The molecule has 0 saturated heterocycles. The van der Waals surface area contributed by atoms with E-state index in [2.05, 4.69) is 31.2 Å². The SMILES string of the molecule is CCn1cc(Br)cc1C(=O)Nc1ccnc(Sc2ccccn2)c1.